The van der Waals surface area contributed by atoms with Gasteiger partial charge in [0.25, 0.3) is 0 Å². The van der Waals surface area contributed by atoms with Crippen LogP contribution in [0.2, 0.25) is 0 Å². The van der Waals surface area contributed by atoms with E-state index in [1.54, 1.807) is 0 Å². The fourth-order valence-electron chi connectivity index (χ4n) is 1.20. The molecule has 1 fully saturated rings. The number of aldehydes is 1. The molecule has 1 saturated heterocycles. The third-order valence-electron chi connectivity index (χ3n) is 1.70. The van der Waals surface area contributed by atoms with Crippen LogP contribution >= 0.6 is 0 Å². The first kappa shape index (κ1) is 8.68. The number of carbonyl (C=O) groups is 1. The molecule has 3 heteroatoms. The fourth-order valence-corrected chi connectivity index (χ4v) is 1.20. The van der Waals surface area contributed by atoms with E-state index in [0.29, 0.717) is 13.0 Å². The predicted octanol–water partition coefficient (Wildman–Crippen LogP) is 1.12. The van der Waals surface area contributed by atoms with Gasteiger partial charge in [0.15, 0.2) is 5.79 Å². The fraction of sp³-hybridized carbons (Fsp3) is 0.875. The highest BCUT2D eigenvalue weighted by Crippen LogP contribution is 2.22. The molecular weight excluding hydrogens is 144 g/mol. The van der Waals surface area contributed by atoms with Crippen molar-refractivity contribution in [2.45, 2.75) is 38.6 Å². The minimum absolute atomic E-state index is 0.0521. The van der Waals surface area contributed by atoms with Gasteiger partial charge in [-0.3, -0.25) is 0 Å². The molecule has 1 aliphatic rings. The zero-order valence-corrected chi connectivity index (χ0v) is 7.00. The van der Waals surface area contributed by atoms with Crippen molar-refractivity contribution in [3.05, 3.63) is 0 Å². The van der Waals surface area contributed by atoms with Gasteiger partial charge in [0.2, 0.25) is 0 Å². The zero-order chi connectivity index (χ0) is 8.32. The molecule has 0 aliphatic carbocycles. The molecule has 0 aromatic carbocycles. The van der Waals surface area contributed by atoms with Crippen LogP contribution in [0.5, 0.6) is 0 Å². The van der Waals surface area contributed by atoms with Crippen LogP contribution in [0.15, 0.2) is 0 Å². The van der Waals surface area contributed by atoms with Gasteiger partial charge < -0.3 is 14.3 Å². The Morgan fingerprint density at radius 2 is 2.36 bits per heavy atom. The molecule has 0 saturated carbocycles. The summed E-state index contributed by atoms with van der Waals surface area (Å²) in [6.45, 7) is 4.42. The highest BCUT2D eigenvalue weighted by molar-refractivity contribution is 5.50. The lowest BCUT2D eigenvalue weighted by molar-refractivity contribution is -0.272. The van der Waals surface area contributed by atoms with Gasteiger partial charge in [-0.2, -0.15) is 0 Å². The minimum atomic E-state index is -0.508. The van der Waals surface area contributed by atoms with Crippen LogP contribution in [-0.4, -0.2) is 24.8 Å². The molecule has 0 aromatic rings. The second-order valence-electron chi connectivity index (χ2n) is 3.18. The Kier molecular flexibility index (Phi) is 2.62. The van der Waals surface area contributed by atoms with Gasteiger partial charge in [0, 0.05) is 6.42 Å². The summed E-state index contributed by atoms with van der Waals surface area (Å²) in [4.78, 5) is 10.2. The van der Waals surface area contributed by atoms with Crippen molar-refractivity contribution in [3.8, 4) is 0 Å². The number of carbonyl (C=O) groups excluding carboxylic acids is 1. The zero-order valence-electron chi connectivity index (χ0n) is 7.00. The maximum atomic E-state index is 10.2. The average molecular weight is 158 g/mol. The van der Waals surface area contributed by atoms with Gasteiger partial charge in [-0.15, -0.1) is 0 Å². The molecule has 1 heterocycles. The van der Waals surface area contributed by atoms with E-state index in [4.69, 9.17) is 9.47 Å². The van der Waals surface area contributed by atoms with Crippen LogP contribution < -0.4 is 0 Å². The highest BCUT2D eigenvalue weighted by atomic mass is 16.7. The Morgan fingerprint density at radius 1 is 1.64 bits per heavy atom. The van der Waals surface area contributed by atoms with Crippen LogP contribution in [0, 0.1) is 0 Å². The molecule has 0 radical (unpaired) electrons. The molecule has 0 spiro atoms. The van der Waals surface area contributed by atoms with Crippen molar-refractivity contribution >= 4 is 6.29 Å². The van der Waals surface area contributed by atoms with E-state index in [9.17, 15) is 4.79 Å². The van der Waals surface area contributed by atoms with E-state index in [1.807, 2.05) is 13.8 Å². The number of ether oxygens (including phenoxy) is 2. The van der Waals surface area contributed by atoms with E-state index in [2.05, 4.69) is 0 Å². The molecular formula is C8H14O3. The van der Waals surface area contributed by atoms with Gasteiger partial charge in [-0.05, 0) is 20.3 Å². The van der Waals surface area contributed by atoms with Crippen molar-refractivity contribution in [1.29, 1.82) is 0 Å². The molecule has 1 atom stereocenters. The summed E-state index contributed by atoms with van der Waals surface area (Å²) in [7, 11) is 0. The molecule has 0 aromatic heterocycles. The maximum Gasteiger partial charge on any atom is 0.163 e. The third-order valence-corrected chi connectivity index (χ3v) is 1.70. The maximum absolute atomic E-state index is 10.2. The Bertz CT molecular complexity index is 142. The monoisotopic (exact) mass is 158 g/mol. The lowest BCUT2D eigenvalue weighted by Gasteiger charge is -2.35. The third kappa shape index (κ3) is 2.60. The van der Waals surface area contributed by atoms with Crippen LogP contribution in [-0.2, 0) is 14.3 Å². The summed E-state index contributed by atoms with van der Waals surface area (Å²) in [5.74, 6) is -0.508. The van der Waals surface area contributed by atoms with Gasteiger partial charge in [0.05, 0.1) is 12.7 Å². The van der Waals surface area contributed by atoms with Crippen LogP contribution in [0.3, 0.4) is 0 Å². The van der Waals surface area contributed by atoms with Gasteiger partial charge in [0.1, 0.15) is 6.29 Å². The van der Waals surface area contributed by atoms with Crippen LogP contribution in [0.1, 0.15) is 26.7 Å². The van der Waals surface area contributed by atoms with Gasteiger partial charge in [-0.1, -0.05) is 0 Å². The van der Waals surface area contributed by atoms with Crippen molar-refractivity contribution < 1.29 is 14.3 Å². The molecule has 1 rings (SSSR count). The summed E-state index contributed by atoms with van der Waals surface area (Å²) >= 11 is 0. The van der Waals surface area contributed by atoms with Crippen LogP contribution in [0.25, 0.3) is 0 Å². The van der Waals surface area contributed by atoms with Crippen LogP contribution in [0.4, 0.5) is 0 Å². The first-order valence-electron chi connectivity index (χ1n) is 3.89. The van der Waals surface area contributed by atoms with E-state index in [1.165, 1.54) is 0 Å². The minimum Gasteiger partial charge on any atom is -0.350 e. The van der Waals surface area contributed by atoms with Gasteiger partial charge in [-0.25, -0.2) is 0 Å². The Balaban J connectivity index is 2.39. The predicted molar refractivity (Wildman–Crippen MR) is 40.2 cm³/mol. The smallest absolute Gasteiger partial charge is 0.163 e. The molecule has 64 valence electrons. The quantitative estimate of drug-likeness (QED) is 0.565. The second-order valence-corrected chi connectivity index (χ2v) is 3.18. The van der Waals surface area contributed by atoms with E-state index < -0.39 is 5.79 Å². The lowest BCUT2D eigenvalue weighted by Crippen LogP contribution is -2.39. The standard InChI is InChI=1S/C8H14O3/c1-8(2)10-6-4-7(11-8)3-5-9/h5,7H,3-4,6H2,1-2H3. The van der Waals surface area contributed by atoms with Crippen molar-refractivity contribution in [2.24, 2.45) is 0 Å². The van der Waals surface area contributed by atoms with E-state index in [-0.39, 0.29) is 6.10 Å². The lowest BCUT2D eigenvalue weighted by atomic mass is 10.1. The summed E-state index contributed by atoms with van der Waals surface area (Å²) in [6, 6.07) is 0. The van der Waals surface area contributed by atoms with Crippen molar-refractivity contribution in [2.75, 3.05) is 6.61 Å². The summed E-state index contributed by atoms with van der Waals surface area (Å²) < 4.78 is 10.8. The Hall–Kier alpha value is -0.410. The summed E-state index contributed by atoms with van der Waals surface area (Å²) in [6.07, 6.45) is 2.25. The first-order valence-corrected chi connectivity index (χ1v) is 3.89. The largest absolute Gasteiger partial charge is 0.350 e. The normalized spacial score (nSPS) is 29.8. The van der Waals surface area contributed by atoms with Crippen molar-refractivity contribution in [3.63, 3.8) is 0 Å². The van der Waals surface area contributed by atoms with E-state index in [0.717, 1.165) is 12.7 Å². The Morgan fingerprint density at radius 3 is 2.91 bits per heavy atom. The molecule has 1 unspecified atom stereocenters. The molecule has 0 amide bonds. The summed E-state index contributed by atoms with van der Waals surface area (Å²) in [5, 5.41) is 0. The first-order chi connectivity index (χ1) is 5.14. The number of hydrogen-bond acceptors (Lipinski definition) is 3. The molecule has 11 heavy (non-hydrogen) atoms. The average Bonchev–Trinajstić information content (AvgIpc) is 1.85. The molecule has 0 bridgehead atoms. The molecule has 3 nitrogen and oxygen atoms in total. The Labute approximate surface area is 66.7 Å². The number of hydrogen-bond donors (Lipinski definition) is 0. The van der Waals surface area contributed by atoms with Gasteiger partial charge >= 0.3 is 0 Å². The topological polar surface area (TPSA) is 35.5 Å². The van der Waals surface area contributed by atoms with Crippen molar-refractivity contribution in [1.82, 2.24) is 0 Å². The molecule has 1 aliphatic heterocycles. The number of rotatable bonds is 2. The highest BCUT2D eigenvalue weighted by Gasteiger charge is 2.28. The second kappa shape index (κ2) is 3.32. The van der Waals surface area contributed by atoms with E-state index >= 15 is 0 Å². The summed E-state index contributed by atoms with van der Waals surface area (Å²) in [5.41, 5.74) is 0. The SMILES string of the molecule is CC1(C)OCCC(CC=O)O1. The molecule has 0 N–H and O–H groups in total.